The number of sulfonamides is 1. The van der Waals surface area contributed by atoms with E-state index in [1.165, 1.54) is 11.4 Å². The maximum atomic E-state index is 12.6. The van der Waals surface area contributed by atoms with Gasteiger partial charge in [-0.25, -0.2) is 8.42 Å². The molecule has 0 radical (unpaired) electrons. The molecule has 21 heavy (non-hydrogen) atoms. The number of nitrogens with one attached hydrogen (secondary N) is 1. The Labute approximate surface area is 128 Å². The van der Waals surface area contributed by atoms with E-state index < -0.39 is 16.6 Å². The van der Waals surface area contributed by atoms with Crippen LogP contribution in [0.5, 0.6) is 0 Å². The standard InChI is InChI=1S/C13H16ClN3O3S/c1-9-13(12(8-18)16-15-9)21(19,20)17(2)7-10-4-3-5-11(14)6-10/h3-6,18H,7-8H2,1-2H3,(H,15,16). The summed E-state index contributed by atoms with van der Waals surface area (Å²) in [5, 5.41) is 16.2. The summed E-state index contributed by atoms with van der Waals surface area (Å²) >= 11 is 5.90. The van der Waals surface area contributed by atoms with Gasteiger partial charge in [-0.15, -0.1) is 0 Å². The largest absolute Gasteiger partial charge is 0.390 e. The van der Waals surface area contributed by atoms with Crippen molar-refractivity contribution in [3.8, 4) is 0 Å². The molecule has 0 saturated carbocycles. The van der Waals surface area contributed by atoms with Crippen molar-refractivity contribution in [1.82, 2.24) is 14.5 Å². The second-order valence-corrected chi connectivity index (χ2v) is 7.09. The third kappa shape index (κ3) is 3.26. The van der Waals surface area contributed by atoms with Crippen molar-refractivity contribution in [3.05, 3.63) is 46.2 Å². The molecule has 0 amide bonds. The molecular weight excluding hydrogens is 314 g/mol. The lowest BCUT2D eigenvalue weighted by Gasteiger charge is -2.17. The van der Waals surface area contributed by atoms with Gasteiger partial charge in [0, 0.05) is 18.6 Å². The minimum atomic E-state index is -3.74. The Morgan fingerprint density at radius 2 is 2.14 bits per heavy atom. The Hall–Kier alpha value is -1.41. The van der Waals surface area contributed by atoms with Gasteiger partial charge in [0.05, 0.1) is 12.3 Å². The van der Waals surface area contributed by atoms with Crippen LogP contribution in [0.3, 0.4) is 0 Å². The van der Waals surface area contributed by atoms with Crippen LogP contribution in [0.15, 0.2) is 29.2 Å². The van der Waals surface area contributed by atoms with E-state index in [9.17, 15) is 13.5 Å². The molecule has 0 spiro atoms. The maximum absolute atomic E-state index is 12.6. The quantitative estimate of drug-likeness (QED) is 0.874. The summed E-state index contributed by atoms with van der Waals surface area (Å²) < 4.78 is 26.4. The lowest BCUT2D eigenvalue weighted by atomic mass is 10.2. The summed E-state index contributed by atoms with van der Waals surface area (Å²) in [6.07, 6.45) is 0. The molecule has 0 aliphatic carbocycles. The van der Waals surface area contributed by atoms with Crippen LogP contribution in [0.1, 0.15) is 17.0 Å². The van der Waals surface area contributed by atoms with E-state index in [0.717, 1.165) is 5.56 Å². The Morgan fingerprint density at radius 3 is 2.76 bits per heavy atom. The van der Waals surface area contributed by atoms with Crippen LogP contribution < -0.4 is 0 Å². The molecular formula is C13H16ClN3O3S. The average Bonchev–Trinajstić information content (AvgIpc) is 2.80. The molecule has 6 nitrogen and oxygen atoms in total. The smallest absolute Gasteiger partial charge is 0.246 e. The summed E-state index contributed by atoms with van der Waals surface area (Å²) in [4.78, 5) is 0.0227. The van der Waals surface area contributed by atoms with Gasteiger partial charge in [0.2, 0.25) is 10.0 Å². The van der Waals surface area contributed by atoms with Gasteiger partial charge >= 0.3 is 0 Å². The summed E-state index contributed by atoms with van der Waals surface area (Å²) in [7, 11) is -2.27. The predicted octanol–water partition coefficient (Wildman–Crippen LogP) is 1.68. The van der Waals surface area contributed by atoms with E-state index in [1.54, 1.807) is 31.2 Å². The van der Waals surface area contributed by atoms with Crippen molar-refractivity contribution in [2.75, 3.05) is 7.05 Å². The lowest BCUT2D eigenvalue weighted by Crippen LogP contribution is -2.27. The minimum Gasteiger partial charge on any atom is -0.390 e. The fourth-order valence-electron chi connectivity index (χ4n) is 2.05. The molecule has 1 heterocycles. The molecule has 0 fully saturated rings. The zero-order valence-electron chi connectivity index (χ0n) is 11.7. The number of hydrogen-bond acceptors (Lipinski definition) is 4. The third-order valence-electron chi connectivity index (χ3n) is 3.07. The van der Waals surface area contributed by atoms with E-state index in [4.69, 9.17) is 11.6 Å². The minimum absolute atomic E-state index is 0.0227. The molecule has 0 unspecified atom stereocenters. The molecule has 0 atom stereocenters. The second kappa shape index (κ2) is 6.15. The number of aromatic amines is 1. The number of benzene rings is 1. The molecule has 2 N–H and O–H groups in total. The average molecular weight is 330 g/mol. The first kappa shape index (κ1) is 16.0. The van der Waals surface area contributed by atoms with Gasteiger partial charge < -0.3 is 5.11 Å². The zero-order chi connectivity index (χ0) is 15.6. The zero-order valence-corrected chi connectivity index (χ0v) is 13.2. The monoisotopic (exact) mass is 329 g/mol. The van der Waals surface area contributed by atoms with E-state index in [-0.39, 0.29) is 17.1 Å². The van der Waals surface area contributed by atoms with Crippen molar-refractivity contribution < 1.29 is 13.5 Å². The number of aryl methyl sites for hydroxylation is 1. The van der Waals surface area contributed by atoms with E-state index in [0.29, 0.717) is 10.7 Å². The Kier molecular flexibility index (Phi) is 4.67. The number of aromatic nitrogens is 2. The van der Waals surface area contributed by atoms with Gasteiger partial charge in [0.15, 0.2) is 0 Å². The highest BCUT2D eigenvalue weighted by Crippen LogP contribution is 2.23. The van der Waals surface area contributed by atoms with Crippen molar-refractivity contribution >= 4 is 21.6 Å². The topological polar surface area (TPSA) is 86.3 Å². The number of H-pyrrole nitrogens is 1. The number of aliphatic hydroxyl groups excluding tert-OH is 1. The van der Waals surface area contributed by atoms with Crippen LogP contribution >= 0.6 is 11.6 Å². The van der Waals surface area contributed by atoms with Gasteiger partial charge in [-0.2, -0.15) is 9.40 Å². The molecule has 1 aromatic heterocycles. The van der Waals surface area contributed by atoms with Gasteiger partial charge in [-0.1, -0.05) is 23.7 Å². The number of aliphatic hydroxyl groups is 1. The summed E-state index contributed by atoms with van der Waals surface area (Å²) in [6.45, 7) is 1.34. The van der Waals surface area contributed by atoms with Gasteiger partial charge in [-0.05, 0) is 24.6 Å². The van der Waals surface area contributed by atoms with E-state index in [1.807, 2.05) is 0 Å². The van der Waals surface area contributed by atoms with Crippen molar-refractivity contribution in [2.45, 2.75) is 25.0 Å². The van der Waals surface area contributed by atoms with E-state index >= 15 is 0 Å². The van der Waals surface area contributed by atoms with Crippen LogP contribution in [0.25, 0.3) is 0 Å². The molecule has 0 aliphatic heterocycles. The van der Waals surface area contributed by atoms with Crippen LogP contribution in [0, 0.1) is 6.92 Å². The van der Waals surface area contributed by atoms with Gasteiger partial charge in [-0.3, -0.25) is 5.10 Å². The first-order valence-electron chi connectivity index (χ1n) is 6.21. The number of nitrogens with zero attached hydrogens (tertiary/aromatic N) is 2. The summed E-state index contributed by atoms with van der Waals surface area (Å²) in [5.74, 6) is 0. The van der Waals surface area contributed by atoms with Gasteiger partial charge in [0.25, 0.3) is 0 Å². The first-order chi connectivity index (χ1) is 9.86. The highest BCUT2D eigenvalue weighted by atomic mass is 35.5. The Bertz CT molecular complexity index is 743. The third-order valence-corrected chi connectivity index (χ3v) is 5.32. The normalized spacial score (nSPS) is 12.0. The van der Waals surface area contributed by atoms with Crippen LogP contribution in [0.2, 0.25) is 5.02 Å². The molecule has 8 heteroatoms. The number of rotatable bonds is 5. The molecule has 1 aromatic carbocycles. The Balaban J connectivity index is 2.33. The van der Waals surface area contributed by atoms with Gasteiger partial charge in [0.1, 0.15) is 10.6 Å². The SMILES string of the molecule is Cc1[nH]nc(CO)c1S(=O)(=O)N(C)Cc1cccc(Cl)c1. The maximum Gasteiger partial charge on any atom is 0.246 e. The highest BCUT2D eigenvalue weighted by Gasteiger charge is 2.28. The van der Waals surface area contributed by atoms with Crippen LogP contribution in [0.4, 0.5) is 0 Å². The molecule has 2 aromatic rings. The first-order valence-corrected chi connectivity index (χ1v) is 8.03. The second-order valence-electron chi connectivity index (χ2n) is 4.67. The predicted molar refractivity (Wildman–Crippen MR) is 79.4 cm³/mol. The number of halogens is 1. The lowest BCUT2D eigenvalue weighted by molar-refractivity contribution is 0.273. The molecule has 0 saturated heterocycles. The molecule has 2 rings (SSSR count). The van der Waals surface area contributed by atoms with Crippen LogP contribution in [-0.2, 0) is 23.2 Å². The number of hydrogen-bond donors (Lipinski definition) is 2. The Morgan fingerprint density at radius 1 is 1.43 bits per heavy atom. The summed E-state index contributed by atoms with van der Waals surface area (Å²) in [6, 6.07) is 7.00. The molecule has 114 valence electrons. The van der Waals surface area contributed by atoms with Crippen molar-refractivity contribution in [3.63, 3.8) is 0 Å². The van der Waals surface area contributed by atoms with E-state index in [2.05, 4.69) is 10.2 Å². The highest BCUT2D eigenvalue weighted by molar-refractivity contribution is 7.89. The van der Waals surface area contributed by atoms with Crippen molar-refractivity contribution in [1.29, 1.82) is 0 Å². The van der Waals surface area contributed by atoms with Crippen molar-refractivity contribution in [2.24, 2.45) is 0 Å². The molecule has 0 aliphatic rings. The molecule has 0 bridgehead atoms. The van der Waals surface area contributed by atoms with Crippen LogP contribution in [-0.4, -0.2) is 35.1 Å². The fraction of sp³-hybridized carbons (Fsp3) is 0.308. The fourth-order valence-corrected chi connectivity index (χ4v) is 3.74. The summed E-state index contributed by atoms with van der Waals surface area (Å²) in [5.41, 5.74) is 1.29.